The van der Waals surface area contributed by atoms with Crippen molar-refractivity contribution in [1.82, 2.24) is 14.5 Å². The maximum absolute atomic E-state index is 11.3. The zero-order valence-corrected chi connectivity index (χ0v) is 27.6. The van der Waals surface area contributed by atoms with Crippen molar-refractivity contribution in [2.45, 2.75) is 10.6 Å². The molecule has 2 heterocycles. The van der Waals surface area contributed by atoms with Gasteiger partial charge in [0, 0.05) is 23.6 Å². The van der Waals surface area contributed by atoms with Gasteiger partial charge in [-0.1, -0.05) is 103 Å². The van der Waals surface area contributed by atoms with Crippen molar-refractivity contribution in [3.63, 3.8) is 0 Å². The number of rotatable bonds is 6. The summed E-state index contributed by atoms with van der Waals surface area (Å²) in [5.74, 6) is 0.824. The van der Waals surface area contributed by atoms with Crippen LogP contribution in [0.5, 0.6) is 0 Å². The van der Waals surface area contributed by atoms with Crippen LogP contribution in [0.15, 0.2) is 146 Å². The molecule has 0 fully saturated rings. The number of aromatic nitrogens is 3. The Hall–Kier alpha value is -5.32. The van der Waals surface area contributed by atoms with Crippen LogP contribution in [0, 0.1) is 0 Å². The highest BCUT2D eigenvalue weighted by molar-refractivity contribution is 6.53. The molecular weight excluding hydrogens is 582 g/mol. The molecule has 0 saturated heterocycles. The van der Waals surface area contributed by atoms with Gasteiger partial charge < -0.3 is 5.11 Å². The van der Waals surface area contributed by atoms with Crippen LogP contribution in [-0.4, -0.2) is 56.4 Å². The summed E-state index contributed by atoms with van der Waals surface area (Å²) in [6, 6.07) is 47.3. The second-order valence-electron chi connectivity index (χ2n) is 13.6. The lowest BCUT2D eigenvalue weighted by Crippen LogP contribution is -2.55. The van der Waals surface area contributed by atoms with E-state index in [4.69, 9.17) is 4.98 Å². The summed E-state index contributed by atoms with van der Waals surface area (Å²) in [6.07, 6.45) is 3.76. The highest BCUT2D eigenvalue weighted by Gasteiger charge is 2.40. The van der Waals surface area contributed by atoms with Gasteiger partial charge in [0.15, 0.2) is 0 Å². The molecule has 8 heteroatoms. The van der Waals surface area contributed by atoms with E-state index in [2.05, 4.69) is 134 Å². The zero-order valence-electron chi connectivity index (χ0n) is 27.6. The number of benzene rings is 6. The SMILES string of the molecule is BC(B)(O)C(B)(B)c1nc2ccccc2n1-c1cccc(-c2c3ccccc3c(-c3ccccc3-c3cccnc3)c3ccccc23)c1. The van der Waals surface area contributed by atoms with Gasteiger partial charge >= 0.3 is 0 Å². The third-order valence-corrected chi connectivity index (χ3v) is 10.1. The predicted molar refractivity (Wildman–Crippen MR) is 211 cm³/mol. The Balaban J connectivity index is 1.41. The Bertz CT molecular complexity index is 2430. The van der Waals surface area contributed by atoms with Gasteiger partial charge in [0.05, 0.1) is 11.0 Å². The normalized spacial score (nSPS) is 12.2. The van der Waals surface area contributed by atoms with Crippen molar-refractivity contribution in [3.8, 4) is 39.1 Å². The van der Waals surface area contributed by atoms with E-state index in [1.54, 1.807) is 0 Å². The molecule has 6 aromatic carbocycles. The van der Waals surface area contributed by atoms with Gasteiger partial charge in [-0.05, 0) is 90.3 Å². The molecule has 8 rings (SSSR count). The smallest absolute Gasteiger partial charge is 0.131 e. The Labute approximate surface area is 284 Å². The molecule has 8 aromatic rings. The summed E-state index contributed by atoms with van der Waals surface area (Å²) in [4.78, 5) is 9.54. The molecule has 0 spiro atoms. The minimum atomic E-state index is -1.00. The van der Waals surface area contributed by atoms with Crippen LogP contribution in [0.3, 0.4) is 0 Å². The van der Waals surface area contributed by atoms with E-state index in [0.29, 0.717) is 0 Å². The fraction of sp³-hybridized carbons (Fsp3) is 0.0500. The van der Waals surface area contributed by atoms with Crippen molar-refractivity contribution in [3.05, 3.63) is 152 Å². The largest absolute Gasteiger partial charge is 0.408 e. The lowest BCUT2D eigenvalue weighted by molar-refractivity contribution is 0.189. The van der Waals surface area contributed by atoms with Gasteiger partial charge in [0.25, 0.3) is 0 Å². The summed E-state index contributed by atoms with van der Waals surface area (Å²) in [5, 5.41) is 14.5. The van der Waals surface area contributed by atoms with Gasteiger partial charge in [-0.2, -0.15) is 0 Å². The van der Waals surface area contributed by atoms with Crippen molar-refractivity contribution in [1.29, 1.82) is 0 Å². The molecule has 48 heavy (non-hydrogen) atoms. The molecule has 0 aliphatic heterocycles. The number of hydrogen-bond donors (Lipinski definition) is 1. The zero-order chi connectivity index (χ0) is 33.0. The van der Waals surface area contributed by atoms with E-state index in [1.807, 2.05) is 52.4 Å². The summed E-state index contributed by atoms with van der Waals surface area (Å²) < 4.78 is 2.22. The number of aliphatic hydroxyl groups is 1. The maximum Gasteiger partial charge on any atom is 0.131 e. The number of imidazole rings is 1. The maximum atomic E-state index is 11.3. The first-order chi connectivity index (χ1) is 23.2. The van der Waals surface area contributed by atoms with E-state index < -0.39 is 10.6 Å². The van der Waals surface area contributed by atoms with Crippen LogP contribution in [0.4, 0.5) is 0 Å². The van der Waals surface area contributed by atoms with E-state index in [1.165, 1.54) is 38.2 Å². The van der Waals surface area contributed by atoms with Crippen LogP contribution in [0.25, 0.3) is 71.6 Å². The molecule has 1 N–H and O–H groups in total. The average molecular weight is 615 g/mol. The molecule has 0 saturated carbocycles. The third kappa shape index (κ3) is 4.79. The van der Waals surface area contributed by atoms with Gasteiger partial charge in [-0.15, -0.1) is 0 Å². The number of nitrogens with zero attached hydrogens (tertiary/aromatic N) is 3. The molecule has 2 aromatic heterocycles. The van der Waals surface area contributed by atoms with Crippen LogP contribution < -0.4 is 0 Å². The van der Waals surface area contributed by atoms with E-state index in [-0.39, 0.29) is 0 Å². The Morgan fingerprint density at radius 2 is 1.15 bits per heavy atom. The molecule has 0 radical (unpaired) electrons. The van der Waals surface area contributed by atoms with Gasteiger partial charge in [-0.3, -0.25) is 9.55 Å². The van der Waals surface area contributed by atoms with E-state index in [0.717, 1.165) is 39.2 Å². The number of pyridine rings is 1. The van der Waals surface area contributed by atoms with Crippen molar-refractivity contribution in [2.75, 3.05) is 0 Å². The van der Waals surface area contributed by atoms with Crippen LogP contribution >= 0.6 is 0 Å². The first-order valence-electron chi connectivity index (χ1n) is 16.5. The van der Waals surface area contributed by atoms with Crippen LogP contribution in [0.2, 0.25) is 0 Å². The minimum absolute atomic E-state index is 0.634. The van der Waals surface area contributed by atoms with Crippen molar-refractivity contribution >= 4 is 64.0 Å². The van der Waals surface area contributed by atoms with Gasteiger partial charge in [0.1, 0.15) is 37.2 Å². The molecule has 226 valence electrons. The molecule has 0 unspecified atom stereocenters. The third-order valence-electron chi connectivity index (χ3n) is 10.1. The lowest BCUT2D eigenvalue weighted by Gasteiger charge is -2.38. The Morgan fingerprint density at radius 3 is 1.79 bits per heavy atom. The number of fused-ring (bicyclic) bond motifs is 3. The second kappa shape index (κ2) is 11.4. The van der Waals surface area contributed by atoms with E-state index in [9.17, 15) is 5.11 Å². The predicted octanol–water partition coefficient (Wildman–Crippen LogP) is 5.06. The Morgan fingerprint density at radius 1 is 0.562 bits per heavy atom. The molecule has 0 bridgehead atoms. The molecule has 0 amide bonds. The van der Waals surface area contributed by atoms with Gasteiger partial charge in [-0.25, -0.2) is 4.98 Å². The van der Waals surface area contributed by atoms with Crippen LogP contribution in [0.1, 0.15) is 5.82 Å². The molecule has 4 nitrogen and oxygen atoms in total. The fourth-order valence-corrected chi connectivity index (χ4v) is 6.99. The number of hydrogen-bond acceptors (Lipinski definition) is 3. The van der Waals surface area contributed by atoms with Crippen molar-refractivity contribution in [2.24, 2.45) is 0 Å². The molecule has 0 aliphatic rings. The fourth-order valence-electron chi connectivity index (χ4n) is 6.99. The topological polar surface area (TPSA) is 50.9 Å². The minimum Gasteiger partial charge on any atom is -0.408 e. The first kappa shape index (κ1) is 30.0. The van der Waals surface area contributed by atoms with E-state index >= 15 is 0 Å². The summed E-state index contributed by atoms with van der Waals surface area (Å²) in [5.41, 5.74) is 9.89. The quantitative estimate of drug-likeness (QED) is 0.211. The Kier molecular flexibility index (Phi) is 7.15. The highest BCUT2D eigenvalue weighted by Crippen LogP contribution is 2.46. The first-order valence-corrected chi connectivity index (χ1v) is 16.5. The monoisotopic (exact) mass is 615 g/mol. The summed E-state index contributed by atoms with van der Waals surface area (Å²) >= 11 is 0. The standard InChI is InChI=1S/C40H33B4N3O/c41-39(42,40(43,44)48)38-46-34-20-7-8-21-35(34)47(38)27-13-9-11-25(23-27)36-30-16-3-5-18-32(30)37(33-19-6-4-17-31(33)36)29-15-2-1-14-28(29)26-12-10-22-45-24-26/h1-24,48H,41-44H2. The molecule has 0 aliphatic carbocycles. The van der Waals surface area contributed by atoms with Gasteiger partial charge in [0.2, 0.25) is 0 Å². The second-order valence-corrected chi connectivity index (χ2v) is 13.6. The molecular formula is C40H33B4N3O. The summed E-state index contributed by atoms with van der Waals surface area (Å²) in [7, 11) is 7.86. The highest BCUT2D eigenvalue weighted by atomic mass is 16.3. The molecule has 0 atom stereocenters. The summed E-state index contributed by atoms with van der Waals surface area (Å²) in [6.45, 7) is 0. The van der Waals surface area contributed by atoms with Crippen LogP contribution in [-0.2, 0) is 5.21 Å². The average Bonchev–Trinajstić information content (AvgIpc) is 3.51. The van der Waals surface area contributed by atoms with Crippen molar-refractivity contribution < 1.29 is 5.11 Å². The number of para-hydroxylation sites is 2. The lowest BCUT2D eigenvalue weighted by atomic mass is 9.35.